The number of hydrogen-bond donors (Lipinski definition) is 1. The summed E-state index contributed by atoms with van der Waals surface area (Å²) in [6, 6.07) is 6.56. The Hall–Kier alpha value is -1.93. The molecule has 0 aromatic heterocycles. The fraction of sp³-hybridized carbons (Fsp3) is 0.0769. The molecule has 0 fully saturated rings. The molecule has 4 nitrogen and oxygen atoms in total. The minimum absolute atomic E-state index is 0.0309. The van der Waals surface area contributed by atoms with E-state index in [0.29, 0.717) is 10.6 Å². The van der Waals surface area contributed by atoms with E-state index in [1.807, 2.05) is 0 Å². The van der Waals surface area contributed by atoms with E-state index in [0.717, 1.165) is 6.08 Å². The monoisotopic (exact) mass is 351 g/mol. The molecule has 0 unspecified atom stereocenters. The van der Waals surface area contributed by atoms with Crippen molar-refractivity contribution in [1.82, 2.24) is 5.32 Å². The molecule has 1 aromatic carbocycles. The number of allylic oxidation sites excluding steroid dienone is 2. The van der Waals surface area contributed by atoms with Crippen molar-refractivity contribution in [3.63, 3.8) is 0 Å². The average Bonchev–Trinajstić information content (AvgIpc) is 2.42. The maximum Gasteiger partial charge on any atom is 0.534 e. The van der Waals surface area contributed by atoms with Gasteiger partial charge in [0.2, 0.25) is 0 Å². The fourth-order valence-electron chi connectivity index (χ4n) is 1.53. The number of nitrogens with one attached hydrogen (secondary N) is 1. The smallest absolute Gasteiger partial charge is 0.374 e. The molecule has 1 aromatic rings. The van der Waals surface area contributed by atoms with Crippen LogP contribution in [0.5, 0.6) is 0 Å². The Bertz CT molecular complexity index is 767. The highest BCUT2D eigenvalue weighted by atomic mass is 35.5. The second kappa shape index (κ2) is 6.05. The topological polar surface area (TPSA) is 55.4 Å². The van der Waals surface area contributed by atoms with Gasteiger partial charge in [0, 0.05) is 11.2 Å². The molecule has 1 heterocycles. The molecule has 0 amide bonds. The third kappa shape index (κ3) is 3.63. The number of halogens is 4. The Morgan fingerprint density at radius 3 is 2.55 bits per heavy atom. The summed E-state index contributed by atoms with van der Waals surface area (Å²) in [6.45, 7) is 0. The van der Waals surface area contributed by atoms with Crippen LogP contribution in [0.1, 0.15) is 5.56 Å². The van der Waals surface area contributed by atoms with Gasteiger partial charge in [-0.2, -0.15) is 21.6 Å². The molecule has 1 N–H and O–H groups in total. The lowest BCUT2D eigenvalue weighted by molar-refractivity contribution is -0.0520. The third-order valence-corrected chi connectivity index (χ3v) is 3.85. The lowest BCUT2D eigenvalue weighted by Gasteiger charge is -2.17. The van der Waals surface area contributed by atoms with Gasteiger partial charge in [-0.25, -0.2) is 0 Å². The van der Waals surface area contributed by atoms with Crippen LogP contribution in [0.4, 0.5) is 13.2 Å². The quantitative estimate of drug-likeness (QED) is 0.668. The van der Waals surface area contributed by atoms with Gasteiger partial charge >= 0.3 is 15.6 Å². The summed E-state index contributed by atoms with van der Waals surface area (Å²) < 4.78 is 63.5. The second-order valence-electron chi connectivity index (χ2n) is 4.10. The van der Waals surface area contributed by atoms with Gasteiger partial charge in [-0.3, -0.25) is 0 Å². The Kier molecular flexibility index (Phi) is 4.52. The van der Waals surface area contributed by atoms with Crippen molar-refractivity contribution in [3.05, 3.63) is 64.7 Å². The van der Waals surface area contributed by atoms with E-state index in [2.05, 4.69) is 9.50 Å². The molecule has 2 rings (SSSR count). The van der Waals surface area contributed by atoms with E-state index in [-0.39, 0.29) is 5.70 Å². The van der Waals surface area contributed by atoms with Crippen LogP contribution in [-0.2, 0) is 14.3 Å². The third-order valence-electron chi connectivity index (χ3n) is 2.54. The SMILES string of the molecule is O=S(=O)(OC1=CC=CNC1=Cc1ccccc1Cl)C(F)(F)F. The number of rotatable bonds is 3. The number of hydrogen-bond acceptors (Lipinski definition) is 4. The maximum atomic E-state index is 12.4. The first-order chi connectivity index (χ1) is 10.2. The first-order valence-electron chi connectivity index (χ1n) is 5.81. The minimum atomic E-state index is -5.75. The molecule has 1 aliphatic rings. The zero-order valence-corrected chi connectivity index (χ0v) is 12.3. The largest absolute Gasteiger partial charge is 0.534 e. The Balaban J connectivity index is 2.36. The van der Waals surface area contributed by atoms with Gasteiger partial charge in [-0.05, 0) is 29.9 Å². The van der Waals surface area contributed by atoms with Gasteiger partial charge < -0.3 is 9.50 Å². The van der Waals surface area contributed by atoms with E-state index < -0.39 is 21.4 Å². The van der Waals surface area contributed by atoms with Gasteiger partial charge in [0.15, 0.2) is 5.76 Å². The summed E-state index contributed by atoms with van der Waals surface area (Å²) in [5.74, 6) is -0.486. The highest BCUT2D eigenvalue weighted by Crippen LogP contribution is 2.30. The summed E-state index contributed by atoms with van der Waals surface area (Å²) in [5, 5.41) is 2.97. The average molecular weight is 352 g/mol. The van der Waals surface area contributed by atoms with Crippen LogP contribution < -0.4 is 5.32 Å². The van der Waals surface area contributed by atoms with Gasteiger partial charge in [0.1, 0.15) is 0 Å². The maximum absolute atomic E-state index is 12.4. The molecule has 22 heavy (non-hydrogen) atoms. The predicted molar refractivity (Wildman–Crippen MR) is 75.8 cm³/mol. The Morgan fingerprint density at radius 1 is 1.23 bits per heavy atom. The summed E-state index contributed by atoms with van der Waals surface area (Å²) in [5.41, 5.74) is -4.99. The van der Waals surface area contributed by atoms with E-state index in [9.17, 15) is 21.6 Å². The molecule has 0 saturated heterocycles. The van der Waals surface area contributed by atoms with Crippen molar-refractivity contribution in [2.75, 3.05) is 0 Å². The summed E-state index contributed by atoms with van der Waals surface area (Å²) in [6.07, 6.45) is 5.20. The van der Waals surface area contributed by atoms with Crippen LogP contribution in [0, 0.1) is 0 Å². The summed E-state index contributed by atoms with van der Waals surface area (Å²) >= 11 is 5.95. The van der Waals surface area contributed by atoms with Crippen LogP contribution in [0.2, 0.25) is 5.02 Å². The zero-order valence-electron chi connectivity index (χ0n) is 10.8. The lowest BCUT2D eigenvalue weighted by atomic mass is 10.1. The number of benzene rings is 1. The van der Waals surface area contributed by atoms with Crippen LogP contribution >= 0.6 is 11.6 Å². The van der Waals surface area contributed by atoms with Crippen molar-refractivity contribution >= 4 is 27.8 Å². The van der Waals surface area contributed by atoms with Gasteiger partial charge in [0.25, 0.3) is 0 Å². The normalized spacial score (nSPS) is 17.1. The highest BCUT2D eigenvalue weighted by molar-refractivity contribution is 7.87. The van der Waals surface area contributed by atoms with E-state index in [1.54, 1.807) is 24.3 Å². The van der Waals surface area contributed by atoms with Crippen molar-refractivity contribution in [1.29, 1.82) is 0 Å². The van der Waals surface area contributed by atoms with E-state index in [1.165, 1.54) is 18.4 Å². The van der Waals surface area contributed by atoms with E-state index >= 15 is 0 Å². The van der Waals surface area contributed by atoms with Crippen molar-refractivity contribution < 1.29 is 25.8 Å². The molecule has 0 saturated carbocycles. The molecular formula is C13H9ClF3NO3S. The molecule has 0 bridgehead atoms. The molecule has 9 heteroatoms. The van der Waals surface area contributed by atoms with E-state index in [4.69, 9.17) is 11.6 Å². The molecular weight excluding hydrogens is 343 g/mol. The Morgan fingerprint density at radius 2 is 1.91 bits per heavy atom. The van der Waals surface area contributed by atoms with Crippen LogP contribution in [-0.4, -0.2) is 13.9 Å². The van der Waals surface area contributed by atoms with Crippen LogP contribution in [0.25, 0.3) is 6.08 Å². The standard InChI is InChI=1S/C13H9ClF3NO3S/c14-10-5-2-1-4-9(10)8-11-12(6-3-7-18-11)21-22(19,20)13(15,16)17/h1-8,18H. The molecule has 0 aliphatic carbocycles. The van der Waals surface area contributed by atoms with Gasteiger partial charge in [-0.1, -0.05) is 29.8 Å². The van der Waals surface area contributed by atoms with Crippen LogP contribution in [0.3, 0.4) is 0 Å². The predicted octanol–water partition coefficient (Wildman–Crippen LogP) is 3.55. The Labute approximate surface area is 129 Å². The molecule has 0 spiro atoms. The van der Waals surface area contributed by atoms with Gasteiger partial charge in [0.05, 0.1) is 5.70 Å². The molecule has 1 aliphatic heterocycles. The second-order valence-corrected chi connectivity index (χ2v) is 6.04. The van der Waals surface area contributed by atoms with Crippen LogP contribution in [0.15, 0.2) is 54.1 Å². The zero-order chi connectivity index (χ0) is 16.4. The van der Waals surface area contributed by atoms with Crippen molar-refractivity contribution in [2.24, 2.45) is 0 Å². The summed E-state index contributed by atoms with van der Waals surface area (Å²) in [7, 11) is -5.75. The molecule has 0 radical (unpaired) electrons. The van der Waals surface area contributed by atoms with Crippen molar-refractivity contribution in [2.45, 2.75) is 5.51 Å². The van der Waals surface area contributed by atoms with Gasteiger partial charge in [-0.15, -0.1) is 0 Å². The first-order valence-corrected chi connectivity index (χ1v) is 7.60. The fourth-order valence-corrected chi connectivity index (χ4v) is 2.20. The first kappa shape index (κ1) is 16.4. The van der Waals surface area contributed by atoms with Crippen molar-refractivity contribution in [3.8, 4) is 0 Å². The number of alkyl halides is 3. The lowest BCUT2D eigenvalue weighted by Crippen LogP contribution is -2.27. The molecule has 0 atom stereocenters. The number of dihydropyridines is 1. The summed E-state index contributed by atoms with van der Waals surface area (Å²) in [4.78, 5) is 0. The minimum Gasteiger partial charge on any atom is -0.374 e. The molecule has 118 valence electrons. The highest BCUT2D eigenvalue weighted by Gasteiger charge is 2.49.